The second-order valence-corrected chi connectivity index (χ2v) is 6.99. The van der Waals surface area contributed by atoms with Crippen LogP contribution >= 0.6 is 11.6 Å². The predicted molar refractivity (Wildman–Crippen MR) is 117 cm³/mol. The second-order valence-electron chi connectivity index (χ2n) is 6.58. The molecule has 30 heavy (non-hydrogen) atoms. The van der Waals surface area contributed by atoms with Crippen molar-refractivity contribution >= 4 is 34.1 Å². The molecule has 0 aliphatic carbocycles. The van der Waals surface area contributed by atoms with Crippen molar-refractivity contribution in [3.05, 3.63) is 90.2 Å². The van der Waals surface area contributed by atoms with Gasteiger partial charge in [-0.3, -0.25) is 10.1 Å². The summed E-state index contributed by atoms with van der Waals surface area (Å²) >= 11 is 6.44. The molecule has 0 atom stereocenters. The number of nitrogens with zero attached hydrogens (tertiary/aromatic N) is 3. The number of H-pyrrole nitrogens is 1. The average Bonchev–Trinajstić information content (AvgIpc) is 3.17. The summed E-state index contributed by atoms with van der Waals surface area (Å²) in [4.78, 5) is 8.92. The Kier molecular flexibility index (Phi) is 5.86. The van der Waals surface area contributed by atoms with Crippen LogP contribution in [0.4, 0.5) is 11.6 Å². The van der Waals surface area contributed by atoms with E-state index in [-0.39, 0.29) is 18.6 Å². The first-order valence-electron chi connectivity index (χ1n) is 9.15. The van der Waals surface area contributed by atoms with Crippen LogP contribution in [0, 0.1) is 0 Å². The molecule has 0 saturated carbocycles. The predicted octanol–water partition coefficient (Wildman–Crippen LogP) is 6.08. The number of aromatic amines is 1. The molecule has 145 valence electrons. The third-order valence-corrected chi connectivity index (χ3v) is 5.04. The Labute approximate surface area is 190 Å². The van der Waals surface area contributed by atoms with E-state index in [9.17, 15) is 0 Å². The number of hydrogen-bond donors (Lipinski definition) is 2. The zero-order valence-electron chi connectivity index (χ0n) is 15.7. The molecule has 0 aliphatic heterocycles. The summed E-state index contributed by atoms with van der Waals surface area (Å²) in [5.41, 5.74) is 4.68. The molecule has 3 aromatic heterocycles. The Bertz CT molecular complexity index is 1300. The average molecular weight is 449 g/mol. The fourth-order valence-corrected chi connectivity index (χ4v) is 3.53. The number of para-hydroxylation sites is 1. The molecule has 0 spiro atoms. The van der Waals surface area contributed by atoms with Gasteiger partial charge in [0.15, 0.2) is 5.82 Å². The van der Waals surface area contributed by atoms with Gasteiger partial charge in [-0.1, -0.05) is 41.9 Å². The number of fused-ring (bicyclic) bond motifs is 1. The summed E-state index contributed by atoms with van der Waals surface area (Å²) in [7, 11) is 0. The van der Waals surface area contributed by atoms with E-state index in [2.05, 4.69) is 20.5 Å². The quantitative estimate of drug-likeness (QED) is 0.349. The van der Waals surface area contributed by atoms with E-state index in [4.69, 9.17) is 16.6 Å². The Hall–Kier alpha value is -3.12. The van der Waals surface area contributed by atoms with Gasteiger partial charge in [-0.2, -0.15) is 5.10 Å². The van der Waals surface area contributed by atoms with Crippen LogP contribution in [0.25, 0.3) is 33.3 Å². The molecule has 0 aliphatic rings. The maximum Gasteiger partial charge on any atom is 0.161 e. The summed E-state index contributed by atoms with van der Waals surface area (Å²) in [6.45, 7) is 0. The second kappa shape index (κ2) is 8.72. The molecular formula is C23H16ClN5V. The Balaban J connectivity index is 0.00000218. The number of anilines is 2. The third kappa shape index (κ3) is 3.96. The van der Waals surface area contributed by atoms with E-state index < -0.39 is 0 Å². The first kappa shape index (κ1) is 20.2. The van der Waals surface area contributed by atoms with Gasteiger partial charge >= 0.3 is 0 Å². The van der Waals surface area contributed by atoms with Crippen molar-refractivity contribution in [3.8, 4) is 22.4 Å². The van der Waals surface area contributed by atoms with Crippen LogP contribution < -0.4 is 5.32 Å². The van der Waals surface area contributed by atoms with Gasteiger partial charge in [-0.05, 0) is 53.6 Å². The van der Waals surface area contributed by atoms with E-state index in [0.717, 1.165) is 39.1 Å². The molecule has 1 radical (unpaired) electrons. The molecule has 3 heterocycles. The Morgan fingerprint density at radius 3 is 2.43 bits per heavy atom. The first-order chi connectivity index (χ1) is 14.3. The van der Waals surface area contributed by atoms with Crippen LogP contribution in [0.5, 0.6) is 0 Å². The number of benzene rings is 2. The number of aromatic nitrogens is 4. The van der Waals surface area contributed by atoms with Crippen LogP contribution in [-0.4, -0.2) is 20.2 Å². The van der Waals surface area contributed by atoms with Crippen LogP contribution in [0.1, 0.15) is 0 Å². The van der Waals surface area contributed by atoms with Crippen LogP contribution in [0.15, 0.2) is 85.2 Å². The van der Waals surface area contributed by atoms with Crippen molar-refractivity contribution in [2.75, 3.05) is 5.32 Å². The summed E-state index contributed by atoms with van der Waals surface area (Å²) < 4.78 is 0. The van der Waals surface area contributed by atoms with Gasteiger partial charge in [0.1, 0.15) is 5.82 Å². The largest absolute Gasteiger partial charge is 0.323 e. The van der Waals surface area contributed by atoms with Gasteiger partial charge in [0, 0.05) is 46.9 Å². The van der Waals surface area contributed by atoms with Gasteiger partial charge in [0.25, 0.3) is 0 Å². The topological polar surface area (TPSA) is 66.5 Å². The van der Waals surface area contributed by atoms with E-state index in [1.54, 1.807) is 12.4 Å². The van der Waals surface area contributed by atoms with Crippen LogP contribution in [-0.2, 0) is 18.6 Å². The molecule has 2 N–H and O–H groups in total. The molecule has 0 bridgehead atoms. The normalized spacial score (nSPS) is 10.6. The Morgan fingerprint density at radius 1 is 0.833 bits per heavy atom. The number of nitrogens with one attached hydrogen (secondary N) is 2. The van der Waals surface area contributed by atoms with Crippen LogP contribution in [0.2, 0.25) is 5.02 Å². The van der Waals surface area contributed by atoms with E-state index in [1.807, 2.05) is 72.8 Å². The zero-order valence-corrected chi connectivity index (χ0v) is 17.9. The molecule has 0 amide bonds. The smallest absolute Gasteiger partial charge is 0.161 e. The molecule has 5 rings (SSSR count). The van der Waals surface area contributed by atoms with E-state index >= 15 is 0 Å². The molecule has 0 unspecified atom stereocenters. The van der Waals surface area contributed by atoms with Gasteiger partial charge < -0.3 is 5.32 Å². The van der Waals surface area contributed by atoms with Crippen molar-refractivity contribution in [3.63, 3.8) is 0 Å². The molecule has 5 nitrogen and oxygen atoms in total. The fourth-order valence-electron chi connectivity index (χ4n) is 3.29. The Morgan fingerprint density at radius 2 is 1.60 bits per heavy atom. The fraction of sp³-hybridized carbons (Fsp3) is 0. The maximum atomic E-state index is 6.44. The number of halogens is 1. The van der Waals surface area contributed by atoms with Gasteiger partial charge in [0.05, 0.1) is 11.2 Å². The van der Waals surface area contributed by atoms with Gasteiger partial charge in [-0.25, -0.2) is 4.98 Å². The summed E-state index contributed by atoms with van der Waals surface area (Å²) in [5.74, 6) is 1.41. The van der Waals surface area contributed by atoms with E-state index in [0.29, 0.717) is 10.8 Å². The van der Waals surface area contributed by atoms with Gasteiger partial charge in [-0.15, -0.1) is 0 Å². The minimum atomic E-state index is 0. The minimum Gasteiger partial charge on any atom is -0.323 e. The summed E-state index contributed by atoms with van der Waals surface area (Å²) in [6.07, 6.45) is 3.55. The minimum absolute atomic E-state index is 0. The molecule has 7 heteroatoms. The van der Waals surface area contributed by atoms with Crippen molar-refractivity contribution in [1.29, 1.82) is 0 Å². The molecule has 2 aromatic carbocycles. The van der Waals surface area contributed by atoms with Gasteiger partial charge in [0.2, 0.25) is 0 Å². The van der Waals surface area contributed by atoms with Crippen LogP contribution in [0.3, 0.4) is 0 Å². The third-order valence-electron chi connectivity index (χ3n) is 4.71. The summed E-state index contributed by atoms with van der Waals surface area (Å²) in [6, 6.07) is 23.6. The van der Waals surface area contributed by atoms with Crippen molar-refractivity contribution < 1.29 is 18.6 Å². The molecule has 0 saturated heterocycles. The maximum absolute atomic E-state index is 6.44. The number of rotatable bonds is 4. The SMILES string of the molecule is Clc1ccccc1-c1cc(-c2ccncc2)cc(Nc2n[nH]c3ccccc23)n1.[V]. The number of hydrogen-bond acceptors (Lipinski definition) is 4. The standard InChI is InChI=1S/C23H16ClN5.V/c24-19-7-3-1-5-17(19)21-13-16(15-9-11-25-12-10-15)14-22(26-21)27-23-18-6-2-4-8-20(18)28-29-23;/h1-14H,(H2,26,27,28,29);. The molecule has 0 fully saturated rings. The monoisotopic (exact) mass is 448 g/mol. The zero-order chi connectivity index (χ0) is 19.6. The molecule has 5 aromatic rings. The van der Waals surface area contributed by atoms with Crippen molar-refractivity contribution in [2.45, 2.75) is 0 Å². The number of pyridine rings is 2. The van der Waals surface area contributed by atoms with E-state index in [1.165, 1.54) is 0 Å². The first-order valence-corrected chi connectivity index (χ1v) is 9.53. The molecular weight excluding hydrogens is 433 g/mol. The van der Waals surface area contributed by atoms with Crippen molar-refractivity contribution in [1.82, 2.24) is 20.2 Å². The van der Waals surface area contributed by atoms with Crippen molar-refractivity contribution in [2.24, 2.45) is 0 Å². The summed E-state index contributed by atoms with van der Waals surface area (Å²) in [5, 5.41) is 12.5.